The van der Waals surface area contributed by atoms with E-state index in [4.69, 9.17) is 36.5 Å². The van der Waals surface area contributed by atoms with Gasteiger partial charge < -0.3 is 40.8 Å². The summed E-state index contributed by atoms with van der Waals surface area (Å²) in [7, 11) is 1.21. The first-order valence-corrected chi connectivity index (χ1v) is 12.2. The predicted octanol–water partition coefficient (Wildman–Crippen LogP) is 5.22. The summed E-state index contributed by atoms with van der Waals surface area (Å²) in [5.41, 5.74) is 11.8. The number of aromatic nitrogens is 1. The molecule has 0 aliphatic heterocycles. The van der Waals surface area contributed by atoms with Crippen LogP contribution in [0, 0.1) is 22.5 Å². The lowest BCUT2D eigenvalue weighted by molar-refractivity contribution is -0.134. The van der Waals surface area contributed by atoms with Crippen molar-refractivity contribution < 1.29 is 37.6 Å². The van der Waals surface area contributed by atoms with E-state index in [1.54, 1.807) is 12.1 Å². The molecule has 4 rings (SSSR count). The van der Waals surface area contributed by atoms with Crippen molar-refractivity contribution in [3.8, 4) is 40.5 Å². The third-order valence-electron chi connectivity index (χ3n) is 5.47. The molecule has 0 unspecified atom stereocenters. The van der Waals surface area contributed by atoms with Gasteiger partial charge in [-0.3, -0.25) is 10.8 Å². The highest BCUT2D eigenvalue weighted by Crippen LogP contribution is 2.41. The van der Waals surface area contributed by atoms with E-state index in [0.717, 1.165) is 12.1 Å². The second-order valence-electron chi connectivity index (χ2n) is 8.58. The number of nitrogens with two attached hydrogens (primary N) is 2. The van der Waals surface area contributed by atoms with Crippen molar-refractivity contribution in [1.29, 1.82) is 10.8 Å². The minimum atomic E-state index is -1.39. The molecule has 0 aliphatic carbocycles. The molecule has 0 bridgehead atoms. The largest absolute Gasteiger partial charge is 0.504 e. The molecule has 12 nitrogen and oxygen atoms in total. The summed E-state index contributed by atoms with van der Waals surface area (Å²) < 4.78 is 52.7. The number of hydrogen-bond donors (Lipinski definition) is 6. The van der Waals surface area contributed by atoms with E-state index in [1.807, 2.05) is 0 Å². The smallest absolute Gasteiger partial charge is 0.330 e. The normalized spacial score (nSPS) is 10.7. The van der Waals surface area contributed by atoms with E-state index in [9.17, 15) is 9.90 Å². The van der Waals surface area contributed by atoms with Crippen molar-refractivity contribution in [3.05, 3.63) is 95.6 Å². The van der Waals surface area contributed by atoms with Crippen LogP contribution in [0.5, 0.6) is 40.5 Å². The van der Waals surface area contributed by atoms with Crippen molar-refractivity contribution >= 4 is 29.5 Å². The molecule has 0 saturated carbocycles. The summed E-state index contributed by atoms with van der Waals surface area (Å²) in [6.45, 7) is 0. The molecule has 1 aromatic heterocycles. The second kappa shape index (κ2) is 13.0. The Morgan fingerprint density at radius 3 is 2.28 bits per heavy atom. The number of carbonyl (C=O) groups excluding carboxylic acids is 1. The van der Waals surface area contributed by atoms with Crippen LogP contribution < -0.4 is 31.0 Å². The Morgan fingerprint density at radius 1 is 0.930 bits per heavy atom. The number of benzene rings is 3. The number of anilines is 1. The highest BCUT2D eigenvalue weighted by Gasteiger charge is 2.27. The Bertz CT molecular complexity index is 1750. The number of phenols is 1. The maximum absolute atomic E-state index is 15.7. The maximum Gasteiger partial charge on any atom is 0.330 e. The van der Waals surface area contributed by atoms with E-state index < -0.39 is 40.9 Å². The number of rotatable bonds is 10. The summed E-state index contributed by atoms with van der Waals surface area (Å²) >= 11 is 0. The first-order chi connectivity index (χ1) is 20.5. The molecule has 0 aliphatic rings. The second-order valence-corrected chi connectivity index (χ2v) is 8.58. The zero-order chi connectivity index (χ0) is 31.1. The van der Waals surface area contributed by atoms with Gasteiger partial charge in [0, 0.05) is 23.4 Å². The SMILES string of the molecule is COC(=O)C=Cc1cccc(Oc2c(F)c(Oc3cccc(NC(=N)N)c3)nc(Oc3cc(C(=N)N)ccc3O)c2F)c1. The number of pyridine rings is 1. The van der Waals surface area contributed by atoms with Crippen LogP contribution in [0.15, 0.2) is 72.8 Å². The van der Waals surface area contributed by atoms with E-state index in [0.29, 0.717) is 11.3 Å². The summed E-state index contributed by atoms with van der Waals surface area (Å²) in [5.74, 6) is -7.42. The molecule has 0 radical (unpaired) electrons. The van der Waals surface area contributed by atoms with Crippen LogP contribution in [0.3, 0.4) is 0 Å². The zero-order valence-corrected chi connectivity index (χ0v) is 22.4. The van der Waals surface area contributed by atoms with Crippen molar-refractivity contribution in [2.24, 2.45) is 11.5 Å². The van der Waals surface area contributed by atoms with E-state index >= 15 is 8.78 Å². The Kier molecular flexibility index (Phi) is 9.00. The highest BCUT2D eigenvalue weighted by molar-refractivity contribution is 5.95. The minimum Gasteiger partial charge on any atom is -0.504 e. The zero-order valence-electron chi connectivity index (χ0n) is 22.4. The summed E-state index contributed by atoms with van der Waals surface area (Å²) in [6.07, 6.45) is 2.56. The summed E-state index contributed by atoms with van der Waals surface area (Å²) in [5, 5.41) is 27.8. The minimum absolute atomic E-state index is 0.0255. The van der Waals surface area contributed by atoms with Crippen LogP contribution in [-0.4, -0.2) is 35.0 Å². The molecule has 0 atom stereocenters. The third-order valence-corrected chi connectivity index (χ3v) is 5.47. The van der Waals surface area contributed by atoms with Crippen LogP contribution in [0.1, 0.15) is 11.1 Å². The van der Waals surface area contributed by atoms with Crippen molar-refractivity contribution in [2.45, 2.75) is 0 Å². The standard InChI is InChI=1S/C29H24F2N6O6/c1-40-22(39)11-8-15-4-2-6-18(12-15)41-25-23(30)27(42-19-7-3-5-17(14-19)36-29(34)35)37-28(24(25)31)43-21-13-16(26(32)33)9-10-20(21)38/h2-14,38H,1H3,(H3,32,33)(H4,34,35,36). The predicted molar refractivity (Wildman–Crippen MR) is 153 cm³/mol. The fourth-order valence-electron chi connectivity index (χ4n) is 3.51. The summed E-state index contributed by atoms with van der Waals surface area (Å²) in [4.78, 5) is 15.3. The molecule has 8 N–H and O–H groups in total. The number of ether oxygens (including phenoxy) is 4. The number of hydrogen-bond acceptors (Lipinski definition) is 9. The van der Waals surface area contributed by atoms with Gasteiger partial charge in [0.2, 0.25) is 17.4 Å². The van der Waals surface area contributed by atoms with Crippen molar-refractivity contribution in [3.63, 3.8) is 0 Å². The fourth-order valence-corrected chi connectivity index (χ4v) is 3.51. The number of halogens is 2. The van der Waals surface area contributed by atoms with Crippen molar-refractivity contribution in [2.75, 3.05) is 12.4 Å². The maximum atomic E-state index is 15.7. The quantitative estimate of drug-likeness (QED) is 0.0616. The molecule has 43 heavy (non-hydrogen) atoms. The molecule has 4 aromatic rings. The first kappa shape index (κ1) is 29.8. The van der Waals surface area contributed by atoms with Gasteiger partial charge in [-0.05, 0) is 54.1 Å². The molecular formula is C29H24F2N6O6. The van der Waals surface area contributed by atoms with Gasteiger partial charge in [-0.25, -0.2) is 4.79 Å². The fraction of sp³-hybridized carbons (Fsp3) is 0.0345. The first-order valence-electron chi connectivity index (χ1n) is 12.2. The van der Waals surface area contributed by atoms with Gasteiger partial charge in [-0.15, -0.1) is 0 Å². The number of phenolic OH excluding ortho intramolecular Hbond substituents is 1. The number of guanidine groups is 1. The van der Waals surface area contributed by atoms with Crippen LogP contribution in [0.25, 0.3) is 6.08 Å². The molecule has 14 heteroatoms. The highest BCUT2D eigenvalue weighted by atomic mass is 19.1. The molecule has 3 aromatic carbocycles. The molecule has 220 valence electrons. The van der Waals surface area contributed by atoms with Crippen molar-refractivity contribution in [1.82, 2.24) is 4.98 Å². The number of nitrogens with zero attached hydrogens (tertiary/aromatic N) is 1. The average molecular weight is 591 g/mol. The number of amidine groups is 1. The number of aromatic hydroxyl groups is 1. The lowest BCUT2D eigenvalue weighted by atomic mass is 10.2. The number of methoxy groups -OCH3 is 1. The van der Waals surface area contributed by atoms with Crippen LogP contribution in [0.2, 0.25) is 0 Å². The Balaban J connectivity index is 1.78. The molecular weight excluding hydrogens is 566 g/mol. The molecule has 0 amide bonds. The monoisotopic (exact) mass is 590 g/mol. The Morgan fingerprint density at radius 2 is 1.60 bits per heavy atom. The van der Waals surface area contributed by atoms with Gasteiger partial charge in [0.15, 0.2) is 17.5 Å². The van der Waals surface area contributed by atoms with Gasteiger partial charge in [0.1, 0.15) is 17.3 Å². The Hall–Kier alpha value is -6.18. The van der Waals surface area contributed by atoms with Gasteiger partial charge >= 0.3 is 5.97 Å². The van der Waals surface area contributed by atoms with Crippen LogP contribution >= 0.6 is 0 Å². The number of carbonyl (C=O) groups is 1. The summed E-state index contributed by atoms with van der Waals surface area (Å²) in [6, 6.07) is 15.5. The number of nitrogen functional groups attached to an aromatic ring is 1. The number of nitrogens with one attached hydrogen (secondary N) is 3. The lowest BCUT2D eigenvalue weighted by Gasteiger charge is -2.16. The third kappa shape index (κ3) is 7.52. The van der Waals surface area contributed by atoms with Gasteiger partial charge in [-0.1, -0.05) is 18.2 Å². The topological polar surface area (TPSA) is 199 Å². The molecule has 1 heterocycles. The lowest BCUT2D eigenvalue weighted by Crippen LogP contribution is -2.20. The average Bonchev–Trinajstić information content (AvgIpc) is 2.97. The Labute approximate surface area is 243 Å². The van der Waals surface area contributed by atoms with E-state index in [1.165, 1.54) is 61.7 Å². The van der Waals surface area contributed by atoms with Gasteiger partial charge in [-0.2, -0.15) is 13.8 Å². The van der Waals surface area contributed by atoms with Crippen LogP contribution in [0.4, 0.5) is 14.5 Å². The van der Waals surface area contributed by atoms with Gasteiger partial charge in [0.05, 0.1) is 7.11 Å². The van der Waals surface area contributed by atoms with Gasteiger partial charge in [0.25, 0.3) is 11.8 Å². The van der Waals surface area contributed by atoms with E-state index in [2.05, 4.69) is 15.0 Å². The number of esters is 1. The molecule has 0 spiro atoms. The van der Waals surface area contributed by atoms with E-state index in [-0.39, 0.29) is 34.6 Å². The van der Waals surface area contributed by atoms with Crippen LogP contribution in [-0.2, 0) is 9.53 Å². The molecule has 0 saturated heterocycles. The molecule has 0 fully saturated rings.